The Morgan fingerprint density at radius 3 is 2.86 bits per heavy atom. The lowest BCUT2D eigenvalue weighted by Crippen LogP contribution is -2.12. The fraction of sp³-hybridized carbons (Fsp3) is 0.267. The van der Waals surface area contributed by atoms with Crippen LogP contribution in [0.4, 0.5) is 5.69 Å². The van der Waals surface area contributed by atoms with E-state index in [9.17, 15) is 9.59 Å². The molecule has 21 heavy (non-hydrogen) atoms. The standard InChI is InChI=1S/C15H15BrN2O3/c1-21-15(20)11-7-9-17-14-10(11)4-2-5-12(14)18-13(19)6-3-8-16/h2,4-5,7,9H,3,6,8H2,1H3,(H,18,19). The van der Waals surface area contributed by atoms with Gasteiger partial charge in [-0.25, -0.2) is 4.79 Å². The average molecular weight is 351 g/mol. The first-order valence-electron chi connectivity index (χ1n) is 6.49. The van der Waals surface area contributed by atoms with Crippen molar-refractivity contribution in [2.45, 2.75) is 12.8 Å². The number of fused-ring (bicyclic) bond motifs is 1. The number of hydrogen-bond acceptors (Lipinski definition) is 4. The predicted molar refractivity (Wildman–Crippen MR) is 84.7 cm³/mol. The van der Waals surface area contributed by atoms with Crippen molar-refractivity contribution in [3.05, 3.63) is 36.0 Å². The van der Waals surface area contributed by atoms with Crippen LogP contribution >= 0.6 is 15.9 Å². The molecule has 110 valence electrons. The molecule has 0 unspecified atom stereocenters. The number of anilines is 1. The number of pyridine rings is 1. The van der Waals surface area contributed by atoms with Gasteiger partial charge < -0.3 is 10.1 Å². The molecule has 0 aliphatic rings. The Morgan fingerprint density at radius 2 is 2.14 bits per heavy atom. The van der Waals surface area contributed by atoms with E-state index in [0.29, 0.717) is 28.6 Å². The fourth-order valence-electron chi connectivity index (χ4n) is 2.00. The maximum Gasteiger partial charge on any atom is 0.338 e. The van der Waals surface area contributed by atoms with Crippen LogP contribution in [-0.4, -0.2) is 29.3 Å². The highest BCUT2D eigenvalue weighted by atomic mass is 79.9. The Bertz CT molecular complexity index is 673. The molecular weight excluding hydrogens is 336 g/mol. The van der Waals surface area contributed by atoms with Gasteiger partial charge in [0.2, 0.25) is 5.91 Å². The number of amides is 1. The summed E-state index contributed by atoms with van der Waals surface area (Å²) in [6, 6.07) is 6.92. The van der Waals surface area contributed by atoms with Gasteiger partial charge in [0, 0.05) is 23.3 Å². The lowest BCUT2D eigenvalue weighted by atomic mass is 10.1. The zero-order valence-corrected chi connectivity index (χ0v) is 13.1. The number of aromatic nitrogens is 1. The van der Waals surface area contributed by atoms with E-state index in [-0.39, 0.29) is 5.91 Å². The fourth-order valence-corrected chi connectivity index (χ4v) is 2.29. The van der Waals surface area contributed by atoms with Crippen LogP contribution in [0.15, 0.2) is 30.5 Å². The van der Waals surface area contributed by atoms with Crippen LogP contribution in [-0.2, 0) is 9.53 Å². The predicted octanol–water partition coefficient (Wildman–Crippen LogP) is 3.14. The Morgan fingerprint density at radius 1 is 1.33 bits per heavy atom. The van der Waals surface area contributed by atoms with Crippen LogP contribution < -0.4 is 5.32 Å². The second-order valence-electron chi connectivity index (χ2n) is 4.39. The molecule has 0 atom stereocenters. The number of nitrogens with one attached hydrogen (secondary N) is 1. The molecule has 0 radical (unpaired) electrons. The number of methoxy groups -OCH3 is 1. The van der Waals surface area contributed by atoms with Crippen molar-refractivity contribution >= 4 is 44.4 Å². The second kappa shape index (κ2) is 7.17. The molecule has 0 aliphatic carbocycles. The summed E-state index contributed by atoms with van der Waals surface area (Å²) in [5.74, 6) is -0.502. The maximum absolute atomic E-state index is 11.8. The third-order valence-electron chi connectivity index (χ3n) is 2.99. The third kappa shape index (κ3) is 3.58. The van der Waals surface area contributed by atoms with Crippen LogP contribution in [0.1, 0.15) is 23.2 Å². The summed E-state index contributed by atoms with van der Waals surface area (Å²) in [6.07, 6.45) is 2.72. The molecular formula is C15H15BrN2O3. The molecule has 1 heterocycles. The van der Waals surface area contributed by atoms with Crippen LogP contribution in [0.2, 0.25) is 0 Å². The molecule has 1 amide bonds. The minimum atomic E-state index is -0.426. The molecule has 0 bridgehead atoms. The Hall–Kier alpha value is -1.95. The van der Waals surface area contributed by atoms with Crippen LogP contribution in [0.25, 0.3) is 10.9 Å². The molecule has 0 aliphatic heterocycles. The zero-order valence-electron chi connectivity index (χ0n) is 11.6. The highest BCUT2D eigenvalue weighted by molar-refractivity contribution is 9.09. The summed E-state index contributed by atoms with van der Waals surface area (Å²) in [6.45, 7) is 0. The molecule has 2 rings (SSSR count). The first-order chi connectivity index (χ1) is 10.2. The summed E-state index contributed by atoms with van der Waals surface area (Å²) in [5.41, 5.74) is 1.60. The number of nitrogens with zero attached hydrogens (tertiary/aromatic N) is 1. The smallest absolute Gasteiger partial charge is 0.338 e. The first kappa shape index (κ1) is 15.4. The van der Waals surface area contributed by atoms with Gasteiger partial charge in [0.15, 0.2) is 0 Å². The van der Waals surface area contributed by atoms with E-state index in [1.807, 2.05) is 0 Å². The van der Waals surface area contributed by atoms with Crippen molar-refractivity contribution in [1.29, 1.82) is 0 Å². The van der Waals surface area contributed by atoms with Gasteiger partial charge >= 0.3 is 5.97 Å². The molecule has 6 heteroatoms. The van der Waals surface area contributed by atoms with Crippen molar-refractivity contribution < 1.29 is 14.3 Å². The van der Waals surface area contributed by atoms with Gasteiger partial charge in [0.1, 0.15) is 0 Å². The number of benzene rings is 1. The van der Waals surface area contributed by atoms with Gasteiger partial charge in [-0.05, 0) is 18.6 Å². The Balaban J connectivity index is 2.38. The molecule has 1 N–H and O–H groups in total. The minimum Gasteiger partial charge on any atom is -0.465 e. The van der Waals surface area contributed by atoms with Crippen molar-refractivity contribution in [2.75, 3.05) is 17.8 Å². The number of halogens is 1. The van der Waals surface area contributed by atoms with E-state index >= 15 is 0 Å². The molecule has 1 aromatic carbocycles. The van der Waals surface area contributed by atoms with E-state index in [1.54, 1.807) is 24.3 Å². The summed E-state index contributed by atoms with van der Waals surface area (Å²) in [4.78, 5) is 27.9. The summed E-state index contributed by atoms with van der Waals surface area (Å²) < 4.78 is 4.76. The van der Waals surface area contributed by atoms with Crippen molar-refractivity contribution in [1.82, 2.24) is 4.98 Å². The summed E-state index contributed by atoms with van der Waals surface area (Å²) in [5, 5.41) is 4.26. The van der Waals surface area contributed by atoms with E-state index in [1.165, 1.54) is 13.3 Å². The third-order valence-corrected chi connectivity index (χ3v) is 3.55. The maximum atomic E-state index is 11.8. The number of para-hydroxylation sites is 1. The zero-order chi connectivity index (χ0) is 15.2. The molecule has 0 saturated carbocycles. The van der Waals surface area contributed by atoms with E-state index in [4.69, 9.17) is 4.74 Å². The van der Waals surface area contributed by atoms with Crippen LogP contribution in [0, 0.1) is 0 Å². The monoisotopic (exact) mass is 350 g/mol. The Labute approximate surface area is 130 Å². The highest BCUT2D eigenvalue weighted by Gasteiger charge is 2.13. The molecule has 5 nitrogen and oxygen atoms in total. The van der Waals surface area contributed by atoms with Crippen LogP contribution in [0.3, 0.4) is 0 Å². The van der Waals surface area contributed by atoms with Crippen molar-refractivity contribution in [3.8, 4) is 0 Å². The van der Waals surface area contributed by atoms with E-state index < -0.39 is 5.97 Å². The largest absolute Gasteiger partial charge is 0.465 e. The first-order valence-corrected chi connectivity index (χ1v) is 7.61. The molecule has 2 aromatic rings. The second-order valence-corrected chi connectivity index (χ2v) is 5.19. The SMILES string of the molecule is COC(=O)c1ccnc2c(NC(=O)CCCBr)cccc12. The molecule has 0 saturated heterocycles. The van der Waals surface area contributed by atoms with Crippen molar-refractivity contribution in [3.63, 3.8) is 0 Å². The topological polar surface area (TPSA) is 68.3 Å². The average Bonchev–Trinajstić information content (AvgIpc) is 2.52. The van der Waals surface area contributed by atoms with E-state index in [0.717, 1.165) is 11.8 Å². The number of rotatable bonds is 5. The number of ether oxygens (including phenoxy) is 1. The van der Waals surface area contributed by atoms with Gasteiger partial charge in [-0.1, -0.05) is 28.1 Å². The van der Waals surface area contributed by atoms with E-state index in [2.05, 4.69) is 26.2 Å². The van der Waals surface area contributed by atoms with Gasteiger partial charge in [-0.3, -0.25) is 9.78 Å². The van der Waals surface area contributed by atoms with Gasteiger partial charge in [0.05, 0.1) is 23.9 Å². The number of alkyl halides is 1. The molecule has 0 spiro atoms. The normalized spacial score (nSPS) is 10.4. The van der Waals surface area contributed by atoms with Crippen LogP contribution in [0.5, 0.6) is 0 Å². The number of hydrogen-bond donors (Lipinski definition) is 1. The quantitative estimate of drug-likeness (QED) is 0.664. The number of carbonyl (C=O) groups is 2. The number of esters is 1. The van der Waals surface area contributed by atoms with Crippen molar-refractivity contribution in [2.24, 2.45) is 0 Å². The van der Waals surface area contributed by atoms with Gasteiger partial charge in [0.25, 0.3) is 0 Å². The Kier molecular flexibility index (Phi) is 5.27. The number of carbonyl (C=O) groups excluding carboxylic acids is 2. The minimum absolute atomic E-state index is 0.0766. The van der Waals surface area contributed by atoms with Gasteiger partial charge in [-0.2, -0.15) is 0 Å². The molecule has 1 aromatic heterocycles. The molecule has 0 fully saturated rings. The highest BCUT2D eigenvalue weighted by Crippen LogP contribution is 2.24. The van der Waals surface area contributed by atoms with Gasteiger partial charge in [-0.15, -0.1) is 0 Å². The summed E-state index contributed by atoms with van der Waals surface area (Å²) in [7, 11) is 1.33. The lowest BCUT2D eigenvalue weighted by Gasteiger charge is -2.09. The lowest BCUT2D eigenvalue weighted by molar-refractivity contribution is -0.116. The summed E-state index contributed by atoms with van der Waals surface area (Å²) >= 11 is 3.29.